The third-order valence-corrected chi connectivity index (χ3v) is 3.58. The van der Waals surface area contributed by atoms with Crippen LogP contribution in [0.15, 0.2) is 24.3 Å². The second-order valence-electron chi connectivity index (χ2n) is 5.30. The maximum Gasteiger partial charge on any atom is 0.224 e. The molecule has 1 fully saturated rings. The second kappa shape index (κ2) is 6.01. The first-order chi connectivity index (χ1) is 8.65. The van der Waals surface area contributed by atoms with Crippen LogP contribution in [0.3, 0.4) is 0 Å². The number of carbonyl (C=O) groups is 1. The number of amides is 1. The van der Waals surface area contributed by atoms with Gasteiger partial charge in [0.2, 0.25) is 5.91 Å². The van der Waals surface area contributed by atoms with Crippen LogP contribution in [0.2, 0.25) is 0 Å². The molecule has 0 radical (unpaired) electrons. The largest absolute Gasteiger partial charge is 0.352 e. The molecule has 0 unspecified atom stereocenters. The molecule has 1 saturated heterocycles. The van der Waals surface area contributed by atoms with Crippen LogP contribution in [0.5, 0.6) is 0 Å². The molecule has 0 bridgehead atoms. The van der Waals surface area contributed by atoms with E-state index >= 15 is 0 Å². The van der Waals surface area contributed by atoms with Crippen LogP contribution in [0.1, 0.15) is 24.0 Å². The van der Waals surface area contributed by atoms with Gasteiger partial charge in [-0.05, 0) is 38.9 Å². The van der Waals surface area contributed by atoms with Gasteiger partial charge < -0.3 is 10.2 Å². The standard InChI is InChI=1S/C15H22N2O/c1-12-5-7-13(8-6-12)10-16-15(18)14-4-3-9-17(2)11-14/h5-8,14H,3-4,9-11H2,1-2H3,(H,16,18)/t14-/m1/s1. The predicted molar refractivity (Wildman–Crippen MR) is 73.2 cm³/mol. The highest BCUT2D eigenvalue weighted by Gasteiger charge is 2.23. The lowest BCUT2D eigenvalue weighted by atomic mass is 9.97. The Morgan fingerprint density at radius 2 is 2.11 bits per heavy atom. The third kappa shape index (κ3) is 3.57. The Morgan fingerprint density at radius 1 is 1.39 bits per heavy atom. The van der Waals surface area contributed by atoms with Gasteiger partial charge in [0, 0.05) is 13.1 Å². The van der Waals surface area contributed by atoms with E-state index in [0.717, 1.165) is 31.5 Å². The highest BCUT2D eigenvalue weighted by molar-refractivity contribution is 5.78. The van der Waals surface area contributed by atoms with Crippen molar-refractivity contribution in [1.82, 2.24) is 10.2 Å². The maximum atomic E-state index is 12.0. The van der Waals surface area contributed by atoms with Crippen LogP contribution in [0.25, 0.3) is 0 Å². The molecule has 1 N–H and O–H groups in total. The Balaban J connectivity index is 1.82. The minimum Gasteiger partial charge on any atom is -0.352 e. The minimum absolute atomic E-state index is 0.161. The van der Waals surface area contributed by atoms with Gasteiger partial charge in [0.1, 0.15) is 0 Å². The molecular weight excluding hydrogens is 224 g/mol. The summed E-state index contributed by atoms with van der Waals surface area (Å²) in [5, 5.41) is 3.04. The number of nitrogens with one attached hydrogen (secondary N) is 1. The number of likely N-dealkylation sites (tertiary alicyclic amines) is 1. The number of hydrogen-bond acceptors (Lipinski definition) is 2. The van der Waals surface area contributed by atoms with Gasteiger partial charge in [0.25, 0.3) is 0 Å². The zero-order valence-electron chi connectivity index (χ0n) is 11.3. The fourth-order valence-corrected chi connectivity index (χ4v) is 2.42. The minimum atomic E-state index is 0.161. The molecule has 1 heterocycles. The molecule has 0 saturated carbocycles. The summed E-state index contributed by atoms with van der Waals surface area (Å²) in [5.74, 6) is 0.358. The quantitative estimate of drug-likeness (QED) is 0.884. The zero-order valence-corrected chi connectivity index (χ0v) is 11.3. The highest BCUT2D eigenvalue weighted by atomic mass is 16.1. The van der Waals surface area contributed by atoms with Gasteiger partial charge in [0.15, 0.2) is 0 Å². The fraction of sp³-hybridized carbons (Fsp3) is 0.533. The monoisotopic (exact) mass is 246 g/mol. The first-order valence-corrected chi connectivity index (χ1v) is 6.67. The summed E-state index contributed by atoms with van der Waals surface area (Å²) in [7, 11) is 2.08. The van der Waals surface area contributed by atoms with Gasteiger partial charge in [-0.25, -0.2) is 0 Å². The summed E-state index contributed by atoms with van der Waals surface area (Å²) in [6.07, 6.45) is 2.14. The number of carbonyl (C=O) groups excluding carboxylic acids is 1. The number of aryl methyl sites for hydroxylation is 1. The van der Waals surface area contributed by atoms with Crippen molar-refractivity contribution >= 4 is 5.91 Å². The van der Waals surface area contributed by atoms with Crippen molar-refractivity contribution < 1.29 is 4.79 Å². The van der Waals surface area contributed by atoms with E-state index in [1.54, 1.807) is 0 Å². The summed E-state index contributed by atoms with van der Waals surface area (Å²) in [6.45, 7) is 4.71. The summed E-state index contributed by atoms with van der Waals surface area (Å²) >= 11 is 0. The van der Waals surface area contributed by atoms with Gasteiger partial charge in [0.05, 0.1) is 5.92 Å². The molecule has 3 heteroatoms. The Hall–Kier alpha value is -1.35. The molecule has 18 heavy (non-hydrogen) atoms. The van der Waals surface area contributed by atoms with E-state index in [-0.39, 0.29) is 11.8 Å². The number of hydrogen-bond donors (Lipinski definition) is 1. The molecule has 2 rings (SSSR count). The van der Waals surface area contributed by atoms with Crippen molar-refractivity contribution in [1.29, 1.82) is 0 Å². The van der Waals surface area contributed by atoms with Crippen LogP contribution in [0.4, 0.5) is 0 Å². The lowest BCUT2D eigenvalue weighted by molar-refractivity contribution is -0.126. The van der Waals surface area contributed by atoms with Gasteiger partial charge in [-0.1, -0.05) is 29.8 Å². The normalized spacial score (nSPS) is 20.7. The zero-order chi connectivity index (χ0) is 13.0. The Bertz CT molecular complexity index is 399. The van der Waals surface area contributed by atoms with Crippen LogP contribution >= 0.6 is 0 Å². The average Bonchev–Trinajstić information content (AvgIpc) is 2.38. The molecule has 98 valence electrons. The van der Waals surface area contributed by atoms with Crippen molar-refractivity contribution in [3.05, 3.63) is 35.4 Å². The molecular formula is C15H22N2O. The van der Waals surface area contributed by atoms with Crippen LogP contribution < -0.4 is 5.32 Å². The molecule has 1 aliphatic rings. The first-order valence-electron chi connectivity index (χ1n) is 6.67. The van der Waals surface area contributed by atoms with Crippen LogP contribution in [-0.4, -0.2) is 30.9 Å². The van der Waals surface area contributed by atoms with Gasteiger partial charge in [-0.15, -0.1) is 0 Å². The topological polar surface area (TPSA) is 32.3 Å². The molecule has 1 aromatic rings. The van der Waals surface area contributed by atoms with E-state index in [1.807, 2.05) is 0 Å². The summed E-state index contributed by atoms with van der Waals surface area (Å²) in [6, 6.07) is 8.30. The van der Waals surface area contributed by atoms with E-state index in [4.69, 9.17) is 0 Å². The molecule has 0 spiro atoms. The van der Waals surface area contributed by atoms with E-state index in [2.05, 4.69) is 48.5 Å². The summed E-state index contributed by atoms with van der Waals surface area (Å²) < 4.78 is 0. The number of nitrogens with zero attached hydrogens (tertiary/aromatic N) is 1. The van der Waals surface area contributed by atoms with E-state index < -0.39 is 0 Å². The van der Waals surface area contributed by atoms with Crippen molar-refractivity contribution in [3.63, 3.8) is 0 Å². The van der Waals surface area contributed by atoms with Crippen molar-refractivity contribution in [2.24, 2.45) is 5.92 Å². The van der Waals surface area contributed by atoms with Gasteiger partial charge >= 0.3 is 0 Å². The number of rotatable bonds is 3. The summed E-state index contributed by atoms with van der Waals surface area (Å²) in [4.78, 5) is 14.3. The maximum absolute atomic E-state index is 12.0. The molecule has 0 aromatic heterocycles. The Labute approximate surface area is 109 Å². The van der Waals surface area contributed by atoms with E-state index in [0.29, 0.717) is 6.54 Å². The van der Waals surface area contributed by atoms with E-state index in [9.17, 15) is 4.79 Å². The lowest BCUT2D eigenvalue weighted by Gasteiger charge is -2.28. The average molecular weight is 246 g/mol. The van der Waals surface area contributed by atoms with Crippen molar-refractivity contribution in [2.75, 3.05) is 20.1 Å². The lowest BCUT2D eigenvalue weighted by Crippen LogP contribution is -2.41. The van der Waals surface area contributed by atoms with Crippen LogP contribution in [0, 0.1) is 12.8 Å². The molecule has 3 nitrogen and oxygen atoms in total. The van der Waals surface area contributed by atoms with Crippen molar-refractivity contribution in [3.8, 4) is 0 Å². The predicted octanol–water partition coefficient (Wildman–Crippen LogP) is 1.95. The molecule has 1 amide bonds. The smallest absolute Gasteiger partial charge is 0.224 e. The highest BCUT2D eigenvalue weighted by Crippen LogP contribution is 2.15. The van der Waals surface area contributed by atoms with Gasteiger partial charge in [-0.2, -0.15) is 0 Å². The molecule has 1 aliphatic heterocycles. The SMILES string of the molecule is Cc1ccc(CNC(=O)[C@@H]2CCCN(C)C2)cc1. The third-order valence-electron chi connectivity index (χ3n) is 3.58. The van der Waals surface area contributed by atoms with Crippen LogP contribution in [-0.2, 0) is 11.3 Å². The fourth-order valence-electron chi connectivity index (χ4n) is 2.42. The molecule has 0 aliphatic carbocycles. The first kappa shape index (κ1) is 13.1. The molecule has 1 aromatic carbocycles. The van der Waals surface area contributed by atoms with Gasteiger partial charge in [-0.3, -0.25) is 4.79 Å². The molecule has 1 atom stereocenters. The Kier molecular flexibility index (Phi) is 4.37. The summed E-state index contributed by atoms with van der Waals surface area (Å²) in [5.41, 5.74) is 2.41. The van der Waals surface area contributed by atoms with Crippen molar-refractivity contribution in [2.45, 2.75) is 26.3 Å². The van der Waals surface area contributed by atoms with E-state index in [1.165, 1.54) is 5.56 Å². The number of piperidine rings is 1. The second-order valence-corrected chi connectivity index (χ2v) is 5.30. The Morgan fingerprint density at radius 3 is 2.78 bits per heavy atom. The number of benzene rings is 1.